The Kier molecular flexibility index (Phi) is 2.84. The molecule has 1 rings (SSSR count). The van der Waals surface area contributed by atoms with Crippen LogP contribution in [0.4, 0.5) is 0 Å². The number of rotatable bonds is 3. The van der Waals surface area contributed by atoms with E-state index in [1.54, 1.807) is 0 Å². The maximum Gasteiger partial charge on any atom is 0.234 e. The molecule has 64 valence electrons. The summed E-state index contributed by atoms with van der Waals surface area (Å²) in [5, 5.41) is 0. The van der Waals surface area contributed by atoms with Crippen LogP contribution < -0.4 is 11.5 Å². The van der Waals surface area contributed by atoms with Gasteiger partial charge in [0.05, 0.1) is 6.04 Å². The maximum atomic E-state index is 10.8. The van der Waals surface area contributed by atoms with Gasteiger partial charge in [0.15, 0.2) is 0 Å². The fraction of sp³-hybridized carbons (Fsp3) is 0.857. The average molecular weight is 157 g/mol. The average Bonchev–Trinajstić information content (AvgIpc) is 2.36. The molecule has 4 heteroatoms. The van der Waals surface area contributed by atoms with Crippen LogP contribution in [0.2, 0.25) is 0 Å². The molecule has 1 aliphatic heterocycles. The van der Waals surface area contributed by atoms with Crippen molar-refractivity contribution in [2.75, 3.05) is 19.6 Å². The van der Waals surface area contributed by atoms with E-state index in [0.29, 0.717) is 6.54 Å². The summed E-state index contributed by atoms with van der Waals surface area (Å²) in [5.41, 5.74) is 10.6. The van der Waals surface area contributed by atoms with Crippen molar-refractivity contribution in [1.82, 2.24) is 4.90 Å². The fourth-order valence-corrected chi connectivity index (χ4v) is 1.58. The Labute approximate surface area is 66.5 Å². The highest BCUT2D eigenvalue weighted by Gasteiger charge is 2.27. The van der Waals surface area contributed by atoms with Crippen molar-refractivity contribution in [3.63, 3.8) is 0 Å². The van der Waals surface area contributed by atoms with E-state index in [0.717, 1.165) is 25.9 Å². The molecule has 0 radical (unpaired) electrons. The van der Waals surface area contributed by atoms with Crippen LogP contribution in [0, 0.1) is 0 Å². The largest absolute Gasteiger partial charge is 0.368 e. The quantitative estimate of drug-likeness (QED) is 0.546. The lowest BCUT2D eigenvalue weighted by Gasteiger charge is -2.20. The molecule has 4 nitrogen and oxygen atoms in total. The van der Waals surface area contributed by atoms with Crippen molar-refractivity contribution >= 4 is 5.91 Å². The number of carbonyl (C=O) groups excluding carboxylic acids is 1. The van der Waals surface area contributed by atoms with Gasteiger partial charge in [0, 0.05) is 13.1 Å². The monoisotopic (exact) mass is 157 g/mol. The van der Waals surface area contributed by atoms with Gasteiger partial charge >= 0.3 is 0 Å². The molecular formula is C7H15N3O. The Hall–Kier alpha value is -0.610. The van der Waals surface area contributed by atoms with Crippen LogP contribution in [0.15, 0.2) is 0 Å². The molecule has 0 saturated carbocycles. The highest BCUT2D eigenvalue weighted by molar-refractivity contribution is 5.80. The first kappa shape index (κ1) is 8.49. The zero-order valence-electron chi connectivity index (χ0n) is 6.62. The Balaban J connectivity index is 2.44. The van der Waals surface area contributed by atoms with Gasteiger partial charge in [-0.1, -0.05) is 0 Å². The molecule has 0 spiro atoms. The molecule has 0 aromatic rings. The summed E-state index contributed by atoms with van der Waals surface area (Å²) in [5.74, 6) is -0.212. The molecule has 0 aromatic heterocycles. The number of carbonyl (C=O) groups is 1. The molecule has 0 bridgehead atoms. The summed E-state index contributed by atoms with van der Waals surface area (Å²) in [6.45, 7) is 2.35. The van der Waals surface area contributed by atoms with Gasteiger partial charge in [0.1, 0.15) is 0 Å². The third kappa shape index (κ3) is 1.91. The van der Waals surface area contributed by atoms with Gasteiger partial charge in [-0.25, -0.2) is 0 Å². The molecule has 1 heterocycles. The Morgan fingerprint density at radius 3 is 2.91 bits per heavy atom. The molecule has 1 amide bonds. The summed E-state index contributed by atoms with van der Waals surface area (Å²) >= 11 is 0. The van der Waals surface area contributed by atoms with Crippen molar-refractivity contribution in [1.29, 1.82) is 0 Å². The lowest BCUT2D eigenvalue weighted by molar-refractivity contribution is -0.122. The Morgan fingerprint density at radius 2 is 2.36 bits per heavy atom. The van der Waals surface area contributed by atoms with Gasteiger partial charge in [0.2, 0.25) is 5.91 Å². The third-order valence-electron chi connectivity index (χ3n) is 2.11. The number of hydrogen-bond donors (Lipinski definition) is 2. The zero-order chi connectivity index (χ0) is 8.27. The third-order valence-corrected chi connectivity index (χ3v) is 2.11. The molecular weight excluding hydrogens is 142 g/mol. The SMILES string of the molecule is NCCN1CCCC1C(N)=O. The zero-order valence-corrected chi connectivity index (χ0v) is 6.62. The van der Waals surface area contributed by atoms with Crippen LogP contribution >= 0.6 is 0 Å². The van der Waals surface area contributed by atoms with Gasteiger partial charge in [-0.2, -0.15) is 0 Å². The van der Waals surface area contributed by atoms with E-state index in [1.165, 1.54) is 0 Å². The number of nitrogens with two attached hydrogens (primary N) is 2. The van der Waals surface area contributed by atoms with E-state index in [9.17, 15) is 4.79 Å². The summed E-state index contributed by atoms with van der Waals surface area (Å²) in [6, 6.07) is -0.0569. The maximum absolute atomic E-state index is 10.8. The van der Waals surface area contributed by atoms with Gasteiger partial charge < -0.3 is 11.5 Å². The number of primary amides is 1. The molecule has 0 aliphatic carbocycles. The number of hydrogen-bond acceptors (Lipinski definition) is 3. The first-order valence-electron chi connectivity index (χ1n) is 3.99. The van der Waals surface area contributed by atoms with Crippen LogP contribution in [0.25, 0.3) is 0 Å². The molecule has 1 unspecified atom stereocenters. The molecule has 1 saturated heterocycles. The molecule has 4 N–H and O–H groups in total. The first-order valence-corrected chi connectivity index (χ1v) is 3.99. The molecule has 11 heavy (non-hydrogen) atoms. The minimum Gasteiger partial charge on any atom is -0.368 e. The lowest BCUT2D eigenvalue weighted by atomic mass is 10.2. The highest BCUT2D eigenvalue weighted by atomic mass is 16.1. The molecule has 1 atom stereocenters. The van der Waals surface area contributed by atoms with Gasteiger partial charge in [0.25, 0.3) is 0 Å². The number of nitrogens with zero attached hydrogens (tertiary/aromatic N) is 1. The van der Waals surface area contributed by atoms with Crippen LogP contribution in [-0.4, -0.2) is 36.5 Å². The lowest BCUT2D eigenvalue weighted by Crippen LogP contribution is -2.42. The predicted molar refractivity (Wildman–Crippen MR) is 42.8 cm³/mol. The topological polar surface area (TPSA) is 72.3 Å². The summed E-state index contributed by atoms with van der Waals surface area (Å²) in [6.07, 6.45) is 1.96. The van der Waals surface area contributed by atoms with E-state index in [2.05, 4.69) is 4.90 Å². The van der Waals surface area contributed by atoms with Crippen molar-refractivity contribution in [3.8, 4) is 0 Å². The minimum atomic E-state index is -0.212. The predicted octanol–water partition coefficient (Wildman–Crippen LogP) is -1.11. The van der Waals surface area contributed by atoms with Gasteiger partial charge in [-0.05, 0) is 19.4 Å². The van der Waals surface area contributed by atoms with E-state index < -0.39 is 0 Å². The molecule has 0 aromatic carbocycles. The normalized spacial score (nSPS) is 25.7. The summed E-state index contributed by atoms with van der Waals surface area (Å²) in [4.78, 5) is 12.9. The van der Waals surface area contributed by atoms with Crippen molar-refractivity contribution in [3.05, 3.63) is 0 Å². The smallest absolute Gasteiger partial charge is 0.234 e. The van der Waals surface area contributed by atoms with E-state index in [1.807, 2.05) is 0 Å². The van der Waals surface area contributed by atoms with Crippen molar-refractivity contribution in [2.45, 2.75) is 18.9 Å². The highest BCUT2D eigenvalue weighted by Crippen LogP contribution is 2.15. The van der Waals surface area contributed by atoms with Crippen LogP contribution in [0.1, 0.15) is 12.8 Å². The van der Waals surface area contributed by atoms with Crippen LogP contribution in [-0.2, 0) is 4.79 Å². The summed E-state index contributed by atoms with van der Waals surface area (Å²) < 4.78 is 0. The second kappa shape index (κ2) is 3.69. The Bertz CT molecular complexity index is 149. The van der Waals surface area contributed by atoms with E-state index in [4.69, 9.17) is 11.5 Å². The van der Waals surface area contributed by atoms with Crippen LogP contribution in [0.3, 0.4) is 0 Å². The van der Waals surface area contributed by atoms with Crippen molar-refractivity contribution < 1.29 is 4.79 Å². The number of amides is 1. The van der Waals surface area contributed by atoms with E-state index >= 15 is 0 Å². The summed E-state index contributed by atoms with van der Waals surface area (Å²) in [7, 11) is 0. The van der Waals surface area contributed by atoms with Gasteiger partial charge in [-0.3, -0.25) is 9.69 Å². The fourth-order valence-electron chi connectivity index (χ4n) is 1.58. The Morgan fingerprint density at radius 1 is 1.64 bits per heavy atom. The van der Waals surface area contributed by atoms with Gasteiger partial charge in [-0.15, -0.1) is 0 Å². The molecule has 1 fully saturated rings. The standard InChI is InChI=1S/C7H15N3O/c8-3-5-10-4-1-2-6(10)7(9)11/h6H,1-5,8H2,(H2,9,11). The first-order chi connectivity index (χ1) is 5.25. The van der Waals surface area contributed by atoms with Crippen LogP contribution in [0.5, 0.6) is 0 Å². The second-order valence-corrected chi connectivity index (χ2v) is 2.89. The second-order valence-electron chi connectivity index (χ2n) is 2.89. The molecule has 1 aliphatic rings. The van der Waals surface area contributed by atoms with Crippen molar-refractivity contribution in [2.24, 2.45) is 11.5 Å². The number of likely N-dealkylation sites (tertiary alicyclic amines) is 1. The minimum absolute atomic E-state index is 0.0569. The van der Waals surface area contributed by atoms with E-state index in [-0.39, 0.29) is 11.9 Å².